The average molecular weight is 386 g/mol. The van der Waals surface area contributed by atoms with Gasteiger partial charge in [-0.15, -0.1) is 11.3 Å². The van der Waals surface area contributed by atoms with E-state index in [1.54, 1.807) is 21.1 Å². The van der Waals surface area contributed by atoms with E-state index in [1.165, 1.54) is 41.3 Å². The molecule has 0 saturated heterocycles. The van der Waals surface area contributed by atoms with Crippen LogP contribution in [-0.4, -0.2) is 4.57 Å². The zero-order chi connectivity index (χ0) is 18.9. The van der Waals surface area contributed by atoms with E-state index in [9.17, 15) is 4.79 Å². The minimum absolute atomic E-state index is 0.0474. The third-order valence-electron chi connectivity index (χ3n) is 5.75. The largest absolute Gasteiger partial charge is 0.284 e. The van der Waals surface area contributed by atoms with Crippen LogP contribution in [0.25, 0.3) is 15.8 Å². The number of hydrogen-bond donors (Lipinski definition) is 0. The van der Waals surface area contributed by atoms with E-state index in [0.717, 1.165) is 24.1 Å². The van der Waals surface area contributed by atoms with Crippen LogP contribution >= 0.6 is 11.3 Å². The van der Waals surface area contributed by atoms with Crippen molar-refractivity contribution in [1.82, 2.24) is 4.57 Å². The van der Waals surface area contributed by atoms with Crippen molar-refractivity contribution in [2.45, 2.75) is 38.5 Å². The lowest BCUT2D eigenvalue weighted by atomic mass is 9.96. The molecule has 0 fully saturated rings. The van der Waals surface area contributed by atoms with Crippen LogP contribution in [-0.2, 0) is 25.7 Å². The van der Waals surface area contributed by atoms with Crippen molar-refractivity contribution < 1.29 is 0 Å². The number of aryl methyl sites for hydroxylation is 4. The quantitative estimate of drug-likeness (QED) is 0.441. The minimum Gasteiger partial charge on any atom is -0.284 e. The predicted octanol–water partition coefficient (Wildman–Crippen LogP) is 5.72. The van der Waals surface area contributed by atoms with Crippen molar-refractivity contribution in [3.8, 4) is 5.69 Å². The number of fused-ring (bicyclic) bond motifs is 3. The lowest BCUT2D eigenvalue weighted by Crippen LogP contribution is -2.17. The van der Waals surface area contributed by atoms with E-state index < -0.39 is 0 Å². The molecule has 5 rings (SSSR count). The maximum atomic E-state index is 12.7. The summed E-state index contributed by atoms with van der Waals surface area (Å²) in [6.07, 6.45) is 8.77. The molecule has 0 radical (unpaired) electrons. The summed E-state index contributed by atoms with van der Waals surface area (Å²) in [5.74, 6) is 0. The van der Waals surface area contributed by atoms with E-state index in [2.05, 4.69) is 48.5 Å². The predicted molar refractivity (Wildman–Crippen MR) is 118 cm³/mol. The average Bonchev–Trinajstić information content (AvgIpc) is 3.11. The summed E-state index contributed by atoms with van der Waals surface area (Å²) >= 11 is 1.91. The number of thiophene rings is 1. The van der Waals surface area contributed by atoms with E-state index in [1.807, 2.05) is 23.6 Å². The molecular weight excluding hydrogens is 362 g/mol. The molecule has 0 saturated carbocycles. The van der Waals surface area contributed by atoms with Crippen LogP contribution in [0.1, 0.15) is 34.4 Å². The third-order valence-corrected chi connectivity index (χ3v) is 7.00. The summed E-state index contributed by atoms with van der Waals surface area (Å²) in [6, 6.07) is 20.8. The SMILES string of the molecule is O=c1cc(CCc2ccccc2)ccn1-c1ccc2c3c(sc2c1)CCCC3. The molecule has 3 heteroatoms. The molecule has 2 aromatic carbocycles. The van der Waals surface area contributed by atoms with Crippen molar-refractivity contribution in [2.24, 2.45) is 0 Å². The lowest BCUT2D eigenvalue weighted by Gasteiger charge is -2.10. The first-order valence-corrected chi connectivity index (χ1v) is 10.9. The van der Waals surface area contributed by atoms with Crippen LogP contribution in [0, 0.1) is 0 Å². The molecule has 0 atom stereocenters. The molecule has 1 aliphatic carbocycles. The van der Waals surface area contributed by atoms with E-state index in [-0.39, 0.29) is 5.56 Å². The Morgan fingerprint density at radius 3 is 2.54 bits per heavy atom. The standard InChI is InChI=1S/C25H23NOS/c27-25-16-19(11-10-18-6-2-1-3-7-18)14-15-26(25)20-12-13-22-21-8-4-5-9-23(21)28-24(22)17-20/h1-3,6-7,12-17H,4-5,8-11H2. The van der Waals surface area contributed by atoms with Gasteiger partial charge in [-0.3, -0.25) is 9.36 Å². The highest BCUT2D eigenvalue weighted by Crippen LogP contribution is 2.37. The van der Waals surface area contributed by atoms with Gasteiger partial charge >= 0.3 is 0 Å². The van der Waals surface area contributed by atoms with Crippen molar-refractivity contribution in [1.29, 1.82) is 0 Å². The molecule has 4 aromatic rings. The second kappa shape index (κ2) is 7.40. The van der Waals surface area contributed by atoms with E-state index >= 15 is 0 Å². The first-order valence-electron chi connectivity index (χ1n) is 10.1. The van der Waals surface area contributed by atoms with Gasteiger partial charge in [0.2, 0.25) is 0 Å². The molecule has 0 aliphatic heterocycles. The molecule has 140 valence electrons. The van der Waals surface area contributed by atoms with Gasteiger partial charge < -0.3 is 0 Å². The fourth-order valence-electron chi connectivity index (χ4n) is 4.22. The number of hydrogen-bond acceptors (Lipinski definition) is 2. The fraction of sp³-hybridized carbons (Fsp3) is 0.240. The van der Waals surface area contributed by atoms with Crippen LogP contribution in [0.3, 0.4) is 0 Å². The van der Waals surface area contributed by atoms with Gasteiger partial charge in [0.25, 0.3) is 5.56 Å². The Kier molecular flexibility index (Phi) is 4.61. The zero-order valence-corrected chi connectivity index (χ0v) is 16.7. The molecule has 2 aromatic heterocycles. The summed E-state index contributed by atoms with van der Waals surface area (Å²) in [6.45, 7) is 0. The Morgan fingerprint density at radius 2 is 1.68 bits per heavy atom. The molecule has 2 nitrogen and oxygen atoms in total. The molecule has 0 unspecified atom stereocenters. The van der Waals surface area contributed by atoms with Gasteiger partial charge in [-0.1, -0.05) is 36.4 Å². The lowest BCUT2D eigenvalue weighted by molar-refractivity contribution is 0.700. The molecule has 28 heavy (non-hydrogen) atoms. The van der Waals surface area contributed by atoms with Crippen LogP contribution in [0.2, 0.25) is 0 Å². The van der Waals surface area contributed by atoms with Crippen LogP contribution in [0.15, 0.2) is 71.7 Å². The van der Waals surface area contributed by atoms with Crippen molar-refractivity contribution in [3.63, 3.8) is 0 Å². The first kappa shape index (κ1) is 17.4. The number of rotatable bonds is 4. The summed E-state index contributed by atoms with van der Waals surface area (Å²) in [7, 11) is 0. The number of aromatic nitrogens is 1. The Bertz CT molecular complexity index is 1190. The second-order valence-corrected chi connectivity index (χ2v) is 8.76. The van der Waals surface area contributed by atoms with E-state index in [0.29, 0.717) is 0 Å². The molecule has 0 amide bonds. The van der Waals surface area contributed by atoms with E-state index in [4.69, 9.17) is 0 Å². The highest BCUT2D eigenvalue weighted by Gasteiger charge is 2.16. The topological polar surface area (TPSA) is 22.0 Å². The zero-order valence-electron chi connectivity index (χ0n) is 15.9. The summed E-state index contributed by atoms with van der Waals surface area (Å²) < 4.78 is 3.08. The van der Waals surface area contributed by atoms with Gasteiger partial charge in [-0.25, -0.2) is 0 Å². The Morgan fingerprint density at radius 1 is 0.857 bits per heavy atom. The first-order chi connectivity index (χ1) is 13.8. The fourth-order valence-corrected chi connectivity index (χ4v) is 5.55. The number of benzene rings is 2. The summed E-state index contributed by atoms with van der Waals surface area (Å²) in [5.41, 5.74) is 4.95. The number of nitrogens with zero attached hydrogens (tertiary/aromatic N) is 1. The monoisotopic (exact) mass is 385 g/mol. The van der Waals surface area contributed by atoms with Crippen molar-refractivity contribution >= 4 is 21.4 Å². The van der Waals surface area contributed by atoms with Crippen LogP contribution < -0.4 is 5.56 Å². The van der Waals surface area contributed by atoms with Crippen LogP contribution in [0.5, 0.6) is 0 Å². The Balaban J connectivity index is 1.42. The Hall–Kier alpha value is -2.65. The molecular formula is C25H23NOS. The van der Waals surface area contributed by atoms with Crippen LogP contribution in [0.4, 0.5) is 0 Å². The molecule has 0 N–H and O–H groups in total. The summed E-state index contributed by atoms with van der Waals surface area (Å²) in [5, 5.41) is 1.39. The minimum atomic E-state index is 0.0474. The third kappa shape index (κ3) is 3.31. The second-order valence-electron chi connectivity index (χ2n) is 7.62. The smallest absolute Gasteiger partial charge is 0.255 e. The van der Waals surface area contributed by atoms with Crippen molar-refractivity contribution in [2.75, 3.05) is 0 Å². The molecule has 0 spiro atoms. The molecule has 1 aliphatic rings. The van der Waals surface area contributed by atoms with Crippen molar-refractivity contribution in [3.05, 3.63) is 98.8 Å². The summed E-state index contributed by atoms with van der Waals surface area (Å²) in [4.78, 5) is 14.3. The maximum absolute atomic E-state index is 12.7. The van der Waals surface area contributed by atoms with Gasteiger partial charge in [0.1, 0.15) is 0 Å². The maximum Gasteiger partial charge on any atom is 0.255 e. The number of pyridine rings is 1. The highest BCUT2D eigenvalue weighted by atomic mass is 32.1. The normalized spacial score (nSPS) is 13.6. The van der Waals surface area contributed by atoms with Gasteiger partial charge in [0, 0.05) is 21.8 Å². The van der Waals surface area contributed by atoms with Gasteiger partial charge in [-0.05, 0) is 78.8 Å². The Labute approximate surface area is 169 Å². The highest BCUT2D eigenvalue weighted by molar-refractivity contribution is 7.19. The van der Waals surface area contributed by atoms with Gasteiger partial charge in [0.05, 0.1) is 5.69 Å². The van der Waals surface area contributed by atoms with Gasteiger partial charge in [-0.2, -0.15) is 0 Å². The molecule has 2 heterocycles. The van der Waals surface area contributed by atoms with Gasteiger partial charge in [0.15, 0.2) is 0 Å². The molecule has 0 bridgehead atoms.